The monoisotopic (exact) mass is 562 g/mol. The van der Waals surface area contributed by atoms with Crippen LogP contribution in [-0.2, 0) is 0 Å². The van der Waals surface area contributed by atoms with Crippen molar-refractivity contribution in [1.29, 1.82) is 0 Å². The molecule has 4 aromatic rings. The maximum absolute atomic E-state index is 11.4. The average Bonchev–Trinajstić information content (AvgIpc) is 2.90. The molecule has 4 rings (SSSR count). The van der Waals surface area contributed by atoms with Crippen LogP contribution in [-0.4, -0.2) is 44.3 Å². The minimum Gasteiger partial charge on any atom is -0.478 e. The molecule has 39 heavy (non-hydrogen) atoms. The Morgan fingerprint density at radius 2 is 0.744 bits per heavy atom. The van der Waals surface area contributed by atoms with Crippen molar-refractivity contribution in [3.8, 4) is 11.5 Å². The van der Waals surface area contributed by atoms with Crippen molar-refractivity contribution in [3.05, 3.63) is 107 Å². The molecule has 0 bridgehead atoms. The zero-order valence-electron chi connectivity index (χ0n) is 19.7. The fourth-order valence-corrected chi connectivity index (χ4v) is 5.17. The van der Waals surface area contributed by atoms with Crippen LogP contribution in [0.2, 0.25) is 0 Å². The predicted molar refractivity (Wildman–Crippen MR) is 142 cm³/mol. The number of hydrogen-bond acceptors (Lipinski definition) is 7. The highest BCUT2D eigenvalue weighted by Crippen LogP contribution is 2.34. The van der Waals surface area contributed by atoms with Crippen molar-refractivity contribution in [2.75, 3.05) is 0 Å². The van der Waals surface area contributed by atoms with Crippen molar-refractivity contribution in [1.82, 2.24) is 0 Å². The lowest BCUT2D eigenvalue weighted by molar-refractivity contribution is 0.0651. The fraction of sp³-hybridized carbons (Fsp3) is 0. The Bertz CT molecular complexity index is 1460. The van der Waals surface area contributed by atoms with Gasteiger partial charge < -0.3 is 25.2 Å². The number of carbonyl (C=O) groups is 4. The molecule has 0 saturated heterocycles. The van der Waals surface area contributed by atoms with Gasteiger partial charge in [0.05, 0.1) is 22.3 Å². The van der Waals surface area contributed by atoms with Crippen molar-refractivity contribution in [2.24, 2.45) is 0 Å². The molecule has 0 aromatic heterocycles. The second-order valence-corrected chi connectivity index (χ2v) is 10.2. The maximum atomic E-state index is 11.4. The Balaban J connectivity index is 1.40. The summed E-state index contributed by atoms with van der Waals surface area (Å²) in [5.41, 5.74) is -1.12. The van der Waals surface area contributed by atoms with E-state index in [1.807, 2.05) is 0 Å². The van der Waals surface area contributed by atoms with Crippen LogP contribution in [0.25, 0.3) is 0 Å². The van der Waals surface area contributed by atoms with E-state index in [2.05, 4.69) is 0 Å². The van der Waals surface area contributed by atoms with Gasteiger partial charge in [-0.1, -0.05) is 23.5 Å². The minimum absolute atomic E-state index is 0.277. The van der Waals surface area contributed by atoms with Gasteiger partial charge in [0.25, 0.3) is 0 Å². The topological polar surface area (TPSA) is 158 Å². The van der Waals surface area contributed by atoms with Crippen LogP contribution in [0.3, 0.4) is 0 Å². The van der Waals surface area contributed by atoms with Gasteiger partial charge in [0.15, 0.2) is 0 Å². The number of benzene rings is 4. The Hall–Kier alpha value is -4.74. The maximum Gasteiger partial charge on any atom is 0.336 e. The molecule has 0 saturated carbocycles. The van der Waals surface area contributed by atoms with Gasteiger partial charge in [-0.05, 0) is 84.9 Å². The molecule has 0 radical (unpaired) electrons. The summed E-state index contributed by atoms with van der Waals surface area (Å²) < 4.78 is 5.87. The first-order valence-electron chi connectivity index (χ1n) is 11.1. The third kappa shape index (κ3) is 6.78. The van der Waals surface area contributed by atoms with Crippen LogP contribution < -0.4 is 4.74 Å². The Morgan fingerprint density at radius 1 is 0.436 bits per heavy atom. The van der Waals surface area contributed by atoms with Gasteiger partial charge >= 0.3 is 23.9 Å². The van der Waals surface area contributed by atoms with Crippen LogP contribution in [0.5, 0.6) is 11.5 Å². The van der Waals surface area contributed by atoms with E-state index >= 15 is 0 Å². The standard InChI is InChI=1S/C28H18O9S2/c29-25(30)21-11-9-19(13-23(21)27(33)34)38-17-5-1-15(2-6-17)37-16-3-7-18(8-4-16)39-20-10-12-22(26(31)32)24(14-20)28(35)36/h1-14H,(H,29,30)(H,31,32)(H,33,34)(H,35,36). The number of rotatable bonds is 10. The largest absolute Gasteiger partial charge is 0.478 e. The first-order chi connectivity index (χ1) is 18.6. The van der Waals surface area contributed by atoms with Crippen LogP contribution in [0.1, 0.15) is 41.4 Å². The summed E-state index contributed by atoms with van der Waals surface area (Å²) >= 11 is 2.56. The molecule has 0 aliphatic rings. The van der Waals surface area contributed by atoms with Crippen LogP contribution >= 0.6 is 23.5 Å². The minimum atomic E-state index is -1.32. The molecule has 0 spiro atoms. The van der Waals surface area contributed by atoms with E-state index in [1.54, 1.807) is 60.7 Å². The van der Waals surface area contributed by atoms with Gasteiger partial charge in [-0.3, -0.25) is 0 Å². The number of ether oxygens (including phenoxy) is 1. The summed E-state index contributed by atoms with van der Waals surface area (Å²) in [5, 5.41) is 36.9. The fourth-order valence-electron chi connectivity index (χ4n) is 3.46. The van der Waals surface area contributed by atoms with E-state index in [0.29, 0.717) is 21.3 Å². The highest BCUT2D eigenvalue weighted by molar-refractivity contribution is 7.99. The molecule has 4 N–H and O–H groups in total. The first-order valence-corrected chi connectivity index (χ1v) is 12.7. The van der Waals surface area contributed by atoms with Crippen LogP contribution in [0.4, 0.5) is 0 Å². The third-order valence-electron chi connectivity index (χ3n) is 5.26. The molecular weight excluding hydrogens is 544 g/mol. The molecule has 196 valence electrons. The van der Waals surface area contributed by atoms with Gasteiger partial charge in [-0.15, -0.1) is 0 Å². The molecular formula is C28H18O9S2. The normalized spacial score (nSPS) is 10.6. The van der Waals surface area contributed by atoms with Gasteiger partial charge in [-0.2, -0.15) is 0 Å². The molecule has 0 aliphatic carbocycles. The molecule has 0 aliphatic heterocycles. The van der Waals surface area contributed by atoms with E-state index in [4.69, 9.17) is 14.9 Å². The third-order valence-corrected chi connectivity index (χ3v) is 7.25. The van der Waals surface area contributed by atoms with Gasteiger partial charge in [0, 0.05) is 19.6 Å². The van der Waals surface area contributed by atoms with Crippen molar-refractivity contribution in [2.45, 2.75) is 19.6 Å². The van der Waals surface area contributed by atoms with E-state index in [0.717, 1.165) is 9.79 Å². The van der Waals surface area contributed by atoms with Crippen LogP contribution in [0.15, 0.2) is 105 Å². The van der Waals surface area contributed by atoms with E-state index < -0.39 is 23.9 Å². The number of carboxylic acid groups (broad SMARTS) is 4. The summed E-state index contributed by atoms with van der Waals surface area (Å²) in [6, 6.07) is 22.4. The second kappa shape index (κ2) is 11.8. The zero-order valence-corrected chi connectivity index (χ0v) is 21.4. The van der Waals surface area contributed by atoms with E-state index in [1.165, 1.54) is 47.8 Å². The molecule has 9 nitrogen and oxygen atoms in total. The molecule has 11 heteroatoms. The Labute approximate surface area is 229 Å². The molecule has 0 amide bonds. The highest BCUT2D eigenvalue weighted by atomic mass is 32.2. The molecule has 4 aromatic carbocycles. The van der Waals surface area contributed by atoms with Gasteiger partial charge in [0.1, 0.15) is 11.5 Å². The summed E-state index contributed by atoms with van der Waals surface area (Å²) in [7, 11) is 0. The molecule has 0 heterocycles. The smallest absolute Gasteiger partial charge is 0.336 e. The summed E-state index contributed by atoms with van der Waals surface area (Å²) in [6.45, 7) is 0. The summed E-state index contributed by atoms with van der Waals surface area (Å²) in [4.78, 5) is 48.0. The van der Waals surface area contributed by atoms with Gasteiger partial charge in [-0.25, -0.2) is 19.2 Å². The quantitative estimate of drug-likeness (QED) is 0.165. The zero-order chi connectivity index (χ0) is 28.1. The Morgan fingerprint density at radius 3 is 1.05 bits per heavy atom. The van der Waals surface area contributed by atoms with Crippen molar-refractivity contribution in [3.63, 3.8) is 0 Å². The van der Waals surface area contributed by atoms with Crippen LogP contribution in [0, 0.1) is 0 Å². The van der Waals surface area contributed by atoms with E-state index in [-0.39, 0.29) is 22.3 Å². The number of aromatic carboxylic acids is 4. The predicted octanol–water partition coefficient (Wildman–Crippen LogP) is 6.57. The molecule has 0 unspecified atom stereocenters. The average molecular weight is 563 g/mol. The van der Waals surface area contributed by atoms with Crippen molar-refractivity contribution < 1.29 is 44.3 Å². The van der Waals surface area contributed by atoms with Crippen molar-refractivity contribution >= 4 is 47.4 Å². The second-order valence-electron chi connectivity index (χ2n) is 7.88. The van der Waals surface area contributed by atoms with E-state index in [9.17, 15) is 29.4 Å². The van der Waals surface area contributed by atoms with Gasteiger partial charge in [0.2, 0.25) is 0 Å². The Kier molecular flexibility index (Phi) is 8.23. The highest BCUT2D eigenvalue weighted by Gasteiger charge is 2.18. The lowest BCUT2D eigenvalue weighted by Gasteiger charge is -2.09. The summed E-state index contributed by atoms with van der Waals surface area (Å²) in [5.74, 6) is -4.13. The summed E-state index contributed by atoms with van der Waals surface area (Å²) in [6.07, 6.45) is 0. The SMILES string of the molecule is O=C(O)c1ccc(Sc2ccc(Oc3ccc(Sc4ccc(C(=O)O)c(C(=O)O)c4)cc3)cc2)cc1C(=O)O. The number of hydrogen-bond donors (Lipinski definition) is 4. The molecule has 0 atom stereocenters. The number of carboxylic acids is 4. The lowest BCUT2D eigenvalue weighted by atomic mass is 10.1. The molecule has 0 fully saturated rings. The first kappa shape index (κ1) is 27.3. The lowest BCUT2D eigenvalue weighted by Crippen LogP contribution is -2.07.